The maximum atomic E-state index is 5.84. The fraction of sp³-hybridized carbons (Fsp3) is 0.471. The van der Waals surface area contributed by atoms with Crippen molar-refractivity contribution in [3.63, 3.8) is 0 Å². The average molecular weight is 321 g/mol. The Bertz CT molecular complexity index is 600. The van der Waals surface area contributed by atoms with Gasteiger partial charge in [0.1, 0.15) is 5.01 Å². The molecule has 1 aliphatic rings. The van der Waals surface area contributed by atoms with Crippen LogP contribution in [0.2, 0.25) is 0 Å². The molecular formula is C17H21ClN2S. The lowest BCUT2D eigenvalue weighted by molar-refractivity contribution is 0.316. The van der Waals surface area contributed by atoms with Crippen molar-refractivity contribution in [2.45, 2.75) is 26.3 Å². The number of aromatic nitrogens is 1. The molecule has 0 spiro atoms. The fourth-order valence-electron chi connectivity index (χ4n) is 2.94. The third-order valence-electron chi connectivity index (χ3n) is 4.33. The largest absolute Gasteiger partial charge is 0.299 e. The van der Waals surface area contributed by atoms with Gasteiger partial charge in [0.15, 0.2) is 0 Å². The summed E-state index contributed by atoms with van der Waals surface area (Å²) in [6.45, 7) is 8.16. The van der Waals surface area contributed by atoms with Crippen molar-refractivity contribution in [2.75, 3.05) is 13.1 Å². The van der Waals surface area contributed by atoms with E-state index in [1.54, 1.807) is 11.3 Å². The molecule has 2 nitrogen and oxygen atoms in total. The molecule has 2 atom stereocenters. The van der Waals surface area contributed by atoms with E-state index in [0.717, 1.165) is 29.1 Å². The summed E-state index contributed by atoms with van der Waals surface area (Å²) >= 11 is 7.51. The second-order valence-electron chi connectivity index (χ2n) is 6.13. The van der Waals surface area contributed by atoms with Gasteiger partial charge in [-0.3, -0.25) is 4.90 Å². The summed E-state index contributed by atoms with van der Waals surface area (Å²) in [7, 11) is 0. The van der Waals surface area contributed by atoms with E-state index in [0.29, 0.717) is 5.88 Å². The number of thiazole rings is 1. The van der Waals surface area contributed by atoms with E-state index in [-0.39, 0.29) is 0 Å². The first-order valence-corrected chi connectivity index (χ1v) is 8.89. The molecule has 0 N–H and O–H groups in total. The first kappa shape index (κ1) is 15.0. The van der Waals surface area contributed by atoms with Gasteiger partial charge in [0.2, 0.25) is 0 Å². The van der Waals surface area contributed by atoms with Gasteiger partial charge < -0.3 is 0 Å². The van der Waals surface area contributed by atoms with Gasteiger partial charge in [0.05, 0.1) is 11.6 Å². The van der Waals surface area contributed by atoms with Gasteiger partial charge in [-0.15, -0.1) is 22.9 Å². The van der Waals surface area contributed by atoms with Crippen LogP contribution in [0.1, 0.15) is 25.1 Å². The number of nitrogens with zero attached hydrogens (tertiary/aromatic N) is 2. The van der Waals surface area contributed by atoms with Crippen molar-refractivity contribution in [3.8, 4) is 10.6 Å². The highest BCUT2D eigenvalue weighted by Gasteiger charge is 2.25. The summed E-state index contributed by atoms with van der Waals surface area (Å²) < 4.78 is 0. The highest BCUT2D eigenvalue weighted by atomic mass is 35.5. The lowest BCUT2D eigenvalue weighted by Gasteiger charge is -2.15. The zero-order valence-corrected chi connectivity index (χ0v) is 14.1. The molecule has 1 fully saturated rings. The molecule has 21 heavy (non-hydrogen) atoms. The van der Waals surface area contributed by atoms with Crippen LogP contribution in [-0.4, -0.2) is 23.0 Å². The van der Waals surface area contributed by atoms with Crippen molar-refractivity contribution in [2.24, 2.45) is 11.8 Å². The third kappa shape index (κ3) is 3.47. The Morgan fingerprint density at radius 1 is 1.29 bits per heavy atom. The predicted molar refractivity (Wildman–Crippen MR) is 90.7 cm³/mol. The molecule has 0 aliphatic carbocycles. The normalized spacial score (nSPS) is 22.8. The second-order valence-corrected chi connectivity index (χ2v) is 7.25. The van der Waals surface area contributed by atoms with E-state index in [1.165, 1.54) is 24.2 Å². The van der Waals surface area contributed by atoms with Gasteiger partial charge in [-0.1, -0.05) is 32.0 Å². The van der Waals surface area contributed by atoms with Gasteiger partial charge in [-0.05, 0) is 23.5 Å². The lowest BCUT2D eigenvalue weighted by Crippen LogP contribution is -2.20. The number of hydrogen-bond acceptors (Lipinski definition) is 3. The summed E-state index contributed by atoms with van der Waals surface area (Å²) in [5.41, 5.74) is 3.54. The molecule has 3 rings (SSSR count). The Labute approximate surface area is 135 Å². The van der Waals surface area contributed by atoms with Gasteiger partial charge in [-0.2, -0.15) is 0 Å². The Hall–Kier alpha value is -0.900. The molecule has 1 saturated heterocycles. The Morgan fingerprint density at radius 3 is 2.71 bits per heavy atom. The van der Waals surface area contributed by atoms with Crippen LogP contribution in [0.3, 0.4) is 0 Å². The van der Waals surface area contributed by atoms with Crippen molar-refractivity contribution >= 4 is 22.9 Å². The lowest BCUT2D eigenvalue weighted by atomic mass is 10.0. The summed E-state index contributed by atoms with van der Waals surface area (Å²) in [6.07, 6.45) is 0. The van der Waals surface area contributed by atoms with E-state index in [1.807, 2.05) is 5.38 Å². The van der Waals surface area contributed by atoms with Crippen LogP contribution in [0.5, 0.6) is 0 Å². The van der Waals surface area contributed by atoms with Crippen LogP contribution < -0.4 is 0 Å². The zero-order valence-electron chi connectivity index (χ0n) is 12.6. The minimum absolute atomic E-state index is 0.486. The van der Waals surface area contributed by atoms with Gasteiger partial charge >= 0.3 is 0 Å². The first-order valence-electron chi connectivity index (χ1n) is 7.47. The topological polar surface area (TPSA) is 16.1 Å². The number of halogens is 1. The smallest absolute Gasteiger partial charge is 0.123 e. The Balaban J connectivity index is 1.74. The third-order valence-corrected chi connectivity index (χ3v) is 5.55. The molecule has 1 aliphatic heterocycles. The number of likely N-dealkylation sites (tertiary alicyclic amines) is 1. The van der Waals surface area contributed by atoms with Crippen LogP contribution in [0.15, 0.2) is 29.6 Å². The Kier molecular flexibility index (Phi) is 4.63. The van der Waals surface area contributed by atoms with Gasteiger partial charge in [-0.25, -0.2) is 4.98 Å². The summed E-state index contributed by atoms with van der Waals surface area (Å²) in [4.78, 5) is 7.13. The highest BCUT2D eigenvalue weighted by molar-refractivity contribution is 7.13. The molecule has 0 amide bonds. The molecule has 4 heteroatoms. The molecule has 2 heterocycles. The second kappa shape index (κ2) is 6.47. The molecule has 2 aromatic rings. The number of alkyl halides is 1. The summed E-state index contributed by atoms with van der Waals surface area (Å²) in [5.74, 6) is 2.09. The van der Waals surface area contributed by atoms with E-state index in [2.05, 4.69) is 48.0 Å². The maximum absolute atomic E-state index is 5.84. The molecule has 0 bridgehead atoms. The minimum Gasteiger partial charge on any atom is -0.299 e. The van der Waals surface area contributed by atoms with E-state index < -0.39 is 0 Å². The first-order chi connectivity index (χ1) is 10.2. The Morgan fingerprint density at radius 2 is 2.05 bits per heavy atom. The molecule has 2 unspecified atom stereocenters. The van der Waals surface area contributed by atoms with Gasteiger partial charge in [0.25, 0.3) is 0 Å². The zero-order chi connectivity index (χ0) is 14.8. The van der Waals surface area contributed by atoms with Gasteiger partial charge in [0, 0.05) is 30.6 Å². The minimum atomic E-state index is 0.486. The monoisotopic (exact) mass is 320 g/mol. The quantitative estimate of drug-likeness (QED) is 0.763. The van der Waals surface area contributed by atoms with Crippen LogP contribution in [0.4, 0.5) is 0 Å². The SMILES string of the molecule is CC1CN(Cc2cccc(-c3nc(CCl)cs3)c2)CC1C. The average Bonchev–Trinajstić information content (AvgIpc) is 3.07. The molecular weight excluding hydrogens is 300 g/mol. The maximum Gasteiger partial charge on any atom is 0.123 e. The van der Waals surface area contributed by atoms with E-state index in [9.17, 15) is 0 Å². The summed E-state index contributed by atoms with van der Waals surface area (Å²) in [5, 5.41) is 3.11. The van der Waals surface area contributed by atoms with Crippen molar-refractivity contribution in [3.05, 3.63) is 40.9 Å². The number of benzene rings is 1. The fourth-order valence-corrected chi connectivity index (χ4v) is 3.99. The standard InChI is InChI=1S/C17H21ClN2S/c1-12-8-20(9-13(12)2)10-14-4-3-5-15(6-14)17-19-16(7-18)11-21-17/h3-6,11-13H,7-10H2,1-2H3. The highest BCUT2D eigenvalue weighted by Crippen LogP contribution is 2.27. The molecule has 1 aromatic heterocycles. The number of hydrogen-bond donors (Lipinski definition) is 0. The van der Waals surface area contributed by atoms with Crippen LogP contribution >= 0.6 is 22.9 Å². The predicted octanol–water partition coefficient (Wildman–Crippen LogP) is 4.64. The van der Waals surface area contributed by atoms with Crippen molar-refractivity contribution in [1.82, 2.24) is 9.88 Å². The van der Waals surface area contributed by atoms with Crippen LogP contribution in [-0.2, 0) is 12.4 Å². The molecule has 0 radical (unpaired) electrons. The van der Waals surface area contributed by atoms with Crippen molar-refractivity contribution < 1.29 is 0 Å². The molecule has 1 aromatic carbocycles. The van der Waals surface area contributed by atoms with E-state index >= 15 is 0 Å². The molecule has 0 saturated carbocycles. The van der Waals surface area contributed by atoms with Crippen LogP contribution in [0, 0.1) is 11.8 Å². The van der Waals surface area contributed by atoms with Crippen molar-refractivity contribution in [1.29, 1.82) is 0 Å². The van der Waals surface area contributed by atoms with Crippen LogP contribution in [0.25, 0.3) is 10.6 Å². The molecule has 112 valence electrons. The summed E-state index contributed by atoms with van der Waals surface area (Å²) in [6, 6.07) is 8.75. The van der Waals surface area contributed by atoms with E-state index in [4.69, 9.17) is 11.6 Å². The number of rotatable bonds is 4.